The minimum Gasteiger partial charge on any atom is -0.507 e. The van der Waals surface area contributed by atoms with E-state index in [0.717, 1.165) is 5.56 Å². The van der Waals surface area contributed by atoms with E-state index in [1.165, 1.54) is 12.0 Å². The number of hydrogen-bond donors (Lipinski definition) is 1. The number of halogens is 1. The van der Waals surface area contributed by atoms with Crippen molar-refractivity contribution in [1.82, 2.24) is 0 Å². The predicted octanol–water partition coefficient (Wildman–Crippen LogP) is 6.67. The molecule has 1 N–H and O–H groups in total. The van der Waals surface area contributed by atoms with E-state index in [9.17, 15) is 14.7 Å². The van der Waals surface area contributed by atoms with Gasteiger partial charge < -0.3 is 14.6 Å². The van der Waals surface area contributed by atoms with Crippen molar-refractivity contribution in [3.05, 3.63) is 94.0 Å². The average Bonchev–Trinajstić information content (AvgIpc) is 3.15. The van der Waals surface area contributed by atoms with Crippen molar-refractivity contribution >= 4 is 34.7 Å². The van der Waals surface area contributed by atoms with Crippen LogP contribution < -0.4 is 14.4 Å². The van der Waals surface area contributed by atoms with E-state index in [2.05, 4.69) is 20.8 Å². The first-order valence-electron chi connectivity index (χ1n) is 12.0. The summed E-state index contributed by atoms with van der Waals surface area (Å²) in [6, 6.07) is 18.6. The van der Waals surface area contributed by atoms with E-state index in [-0.39, 0.29) is 16.7 Å². The average molecular weight is 520 g/mol. The van der Waals surface area contributed by atoms with Gasteiger partial charge in [-0.1, -0.05) is 62.7 Å². The second kappa shape index (κ2) is 10.3. The molecule has 1 saturated heterocycles. The molecule has 7 heteroatoms. The number of aliphatic hydroxyl groups excluding tert-OH is 1. The molecule has 1 amide bonds. The smallest absolute Gasteiger partial charge is 0.300 e. The number of benzene rings is 3. The van der Waals surface area contributed by atoms with Gasteiger partial charge in [-0.15, -0.1) is 0 Å². The number of nitrogens with zero attached hydrogens (tertiary/aromatic N) is 1. The fourth-order valence-corrected chi connectivity index (χ4v) is 4.58. The van der Waals surface area contributed by atoms with Gasteiger partial charge in [0.25, 0.3) is 11.7 Å². The molecule has 1 heterocycles. The summed E-state index contributed by atoms with van der Waals surface area (Å²) >= 11 is 6.24. The molecule has 1 aliphatic rings. The first-order valence-corrected chi connectivity index (χ1v) is 12.4. The van der Waals surface area contributed by atoms with Crippen LogP contribution in [0.2, 0.25) is 5.02 Å². The van der Waals surface area contributed by atoms with Gasteiger partial charge in [0.1, 0.15) is 17.3 Å². The summed E-state index contributed by atoms with van der Waals surface area (Å²) in [5, 5.41) is 11.8. The SMILES string of the molecule is CCOc1cc(/C(O)=C2\C(=O)C(=O)N(c3cccc(OC)c3)C2c2ccc(C(C)(C)C)cc2)ccc1Cl. The molecule has 1 aliphatic heterocycles. The Morgan fingerprint density at radius 3 is 2.35 bits per heavy atom. The number of amides is 1. The molecule has 6 nitrogen and oxygen atoms in total. The number of ether oxygens (including phenoxy) is 2. The summed E-state index contributed by atoms with van der Waals surface area (Å²) in [6.45, 7) is 8.54. The Hall–Kier alpha value is -3.77. The summed E-state index contributed by atoms with van der Waals surface area (Å²) < 4.78 is 10.9. The van der Waals surface area contributed by atoms with Gasteiger partial charge in [-0.2, -0.15) is 0 Å². The lowest BCUT2D eigenvalue weighted by Gasteiger charge is -2.27. The number of anilines is 1. The van der Waals surface area contributed by atoms with Crippen LogP contribution in [0.4, 0.5) is 5.69 Å². The molecule has 4 rings (SSSR count). The number of hydrogen-bond acceptors (Lipinski definition) is 5. The molecule has 3 aromatic carbocycles. The Kier molecular flexibility index (Phi) is 7.32. The molecule has 3 aromatic rings. The van der Waals surface area contributed by atoms with Crippen molar-refractivity contribution in [3.63, 3.8) is 0 Å². The number of rotatable bonds is 6. The van der Waals surface area contributed by atoms with E-state index in [0.29, 0.717) is 39.9 Å². The molecule has 1 atom stereocenters. The summed E-state index contributed by atoms with van der Waals surface area (Å²) in [6.07, 6.45) is 0. The van der Waals surface area contributed by atoms with Crippen LogP contribution in [0, 0.1) is 0 Å². The van der Waals surface area contributed by atoms with Crippen LogP contribution in [-0.2, 0) is 15.0 Å². The van der Waals surface area contributed by atoms with Crippen LogP contribution in [0.1, 0.15) is 50.4 Å². The second-order valence-corrected chi connectivity index (χ2v) is 10.2. The minimum absolute atomic E-state index is 0.0129. The summed E-state index contributed by atoms with van der Waals surface area (Å²) in [4.78, 5) is 28.3. The molecular weight excluding hydrogens is 490 g/mol. The maximum atomic E-state index is 13.4. The van der Waals surface area contributed by atoms with E-state index >= 15 is 0 Å². The standard InChI is InChI=1S/C30H30ClNO5/c1-6-37-24-16-19(12-15-23(24)31)27(33)25-26(18-10-13-20(14-11-18)30(2,3)4)32(29(35)28(25)34)21-8-7-9-22(17-21)36-5/h7-17,26,33H,6H2,1-5H3/b27-25+. The van der Waals surface area contributed by atoms with Crippen LogP contribution in [0.3, 0.4) is 0 Å². The number of carbonyl (C=O) groups is 2. The van der Waals surface area contributed by atoms with Crippen LogP contribution in [0.15, 0.2) is 72.3 Å². The van der Waals surface area contributed by atoms with Crippen molar-refractivity contribution in [3.8, 4) is 11.5 Å². The predicted molar refractivity (Wildman–Crippen MR) is 146 cm³/mol. The van der Waals surface area contributed by atoms with E-state index in [1.54, 1.807) is 42.5 Å². The van der Waals surface area contributed by atoms with E-state index in [1.807, 2.05) is 31.2 Å². The van der Waals surface area contributed by atoms with Crippen LogP contribution in [0.5, 0.6) is 11.5 Å². The summed E-state index contributed by atoms with van der Waals surface area (Å²) in [7, 11) is 1.53. The molecule has 0 bridgehead atoms. The Labute approximate surface area is 222 Å². The fraction of sp³-hybridized carbons (Fsp3) is 0.267. The highest BCUT2D eigenvalue weighted by Gasteiger charge is 2.47. The van der Waals surface area contributed by atoms with Gasteiger partial charge in [0.05, 0.1) is 30.4 Å². The van der Waals surface area contributed by atoms with Crippen molar-refractivity contribution in [2.24, 2.45) is 0 Å². The van der Waals surface area contributed by atoms with Gasteiger partial charge >= 0.3 is 0 Å². The molecule has 192 valence electrons. The van der Waals surface area contributed by atoms with Gasteiger partial charge in [0.2, 0.25) is 0 Å². The van der Waals surface area contributed by atoms with Crippen molar-refractivity contribution in [2.75, 3.05) is 18.6 Å². The van der Waals surface area contributed by atoms with E-state index < -0.39 is 17.7 Å². The quantitative estimate of drug-likeness (QED) is 0.223. The first kappa shape index (κ1) is 26.3. The van der Waals surface area contributed by atoms with Crippen LogP contribution in [-0.4, -0.2) is 30.5 Å². The summed E-state index contributed by atoms with van der Waals surface area (Å²) in [5.41, 5.74) is 2.51. The topological polar surface area (TPSA) is 76.1 Å². The molecule has 0 aromatic heterocycles. The third-order valence-electron chi connectivity index (χ3n) is 6.37. The lowest BCUT2D eigenvalue weighted by molar-refractivity contribution is -0.132. The number of carbonyl (C=O) groups excluding carboxylic acids is 2. The first-order chi connectivity index (χ1) is 17.6. The number of methoxy groups -OCH3 is 1. The Bertz CT molecular complexity index is 1370. The van der Waals surface area contributed by atoms with Gasteiger partial charge in [-0.25, -0.2) is 0 Å². The maximum absolute atomic E-state index is 13.4. The lowest BCUT2D eigenvalue weighted by Crippen LogP contribution is -2.29. The molecule has 0 aliphatic carbocycles. The third kappa shape index (κ3) is 5.07. The molecular formula is C30H30ClNO5. The molecule has 0 saturated carbocycles. The van der Waals surface area contributed by atoms with Crippen LogP contribution in [0.25, 0.3) is 5.76 Å². The van der Waals surface area contributed by atoms with Crippen molar-refractivity contribution in [1.29, 1.82) is 0 Å². The monoisotopic (exact) mass is 519 g/mol. The number of ketones is 1. The van der Waals surface area contributed by atoms with Gasteiger partial charge in [-0.05, 0) is 53.8 Å². The largest absolute Gasteiger partial charge is 0.507 e. The fourth-order valence-electron chi connectivity index (χ4n) is 4.41. The molecule has 0 spiro atoms. The van der Waals surface area contributed by atoms with Crippen molar-refractivity contribution in [2.45, 2.75) is 39.2 Å². The summed E-state index contributed by atoms with van der Waals surface area (Å²) in [5.74, 6) is -0.898. The van der Waals surface area contributed by atoms with Crippen LogP contribution >= 0.6 is 11.6 Å². The normalized spacial score (nSPS) is 17.2. The highest BCUT2D eigenvalue weighted by Crippen LogP contribution is 2.43. The third-order valence-corrected chi connectivity index (χ3v) is 6.69. The Morgan fingerprint density at radius 2 is 1.73 bits per heavy atom. The molecule has 37 heavy (non-hydrogen) atoms. The molecule has 1 fully saturated rings. The van der Waals surface area contributed by atoms with Gasteiger partial charge in [0.15, 0.2) is 0 Å². The van der Waals surface area contributed by atoms with Crippen molar-refractivity contribution < 1.29 is 24.2 Å². The maximum Gasteiger partial charge on any atom is 0.300 e. The number of aliphatic hydroxyl groups is 1. The molecule has 0 radical (unpaired) electrons. The second-order valence-electron chi connectivity index (χ2n) is 9.82. The Morgan fingerprint density at radius 1 is 1.03 bits per heavy atom. The van der Waals surface area contributed by atoms with E-state index in [4.69, 9.17) is 21.1 Å². The zero-order valence-corrected chi connectivity index (χ0v) is 22.3. The highest BCUT2D eigenvalue weighted by molar-refractivity contribution is 6.51. The van der Waals surface area contributed by atoms with Gasteiger partial charge in [-0.3, -0.25) is 14.5 Å². The zero-order valence-electron chi connectivity index (χ0n) is 21.5. The zero-order chi connectivity index (χ0) is 26.9. The Balaban J connectivity index is 1.93. The minimum atomic E-state index is -0.854. The lowest BCUT2D eigenvalue weighted by atomic mass is 9.85. The van der Waals surface area contributed by atoms with Gasteiger partial charge in [0, 0.05) is 17.3 Å². The highest BCUT2D eigenvalue weighted by atomic mass is 35.5. The molecule has 1 unspecified atom stereocenters. The number of Topliss-reactive ketones (excluding diaryl/α,β-unsaturated/α-hetero) is 1.